The van der Waals surface area contributed by atoms with Crippen molar-refractivity contribution in [2.24, 2.45) is 0 Å². The second kappa shape index (κ2) is 10.8. The Hall–Kier alpha value is -2.61. The summed E-state index contributed by atoms with van der Waals surface area (Å²) in [6.45, 7) is 2.37. The van der Waals surface area contributed by atoms with Crippen molar-refractivity contribution in [2.45, 2.75) is 6.04 Å². The normalized spacial score (nSPS) is 15.7. The second-order valence-corrected chi connectivity index (χ2v) is 6.26. The van der Waals surface area contributed by atoms with Gasteiger partial charge in [0.05, 0.1) is 12.2 Å². The summed E-state index contributed by atoms with van der Waals surface area (Å²) in [6, 6.07) is 13.1. The van der Waals surface area contributed by atoms with Crippen LogP contribution >= 0.6 is 24.8 Å². The predicted octanol–water partition coefficient (Wildman–Crippen LogP) is 3.07. The molecule has 0 bridgehead atoms. The molecule has 9 heteroatoms. The topological polar surface area (TPSA) is 80.5 Å². The summed E-state index contributed by atoms with van der Waals surface area (Å²) < 4.78 is 11.3. The van der Waals surface area contributed by atoms with Crippen LogP contribution in [0.5, 0.6) is 5.75 Å². The molecule has 1 N–H and O–H groups in total. The van der Waals surface area contributed by atoms with E-state index in [1.807, 2.05) is 42.5 Å². The van der Waals surface area contributed by atoms with Crippen molar-refractivity contribution in [1.29, 1.82) is 0 Å². The summed E-state index contributed by atoms with van der Waals surface area (Å²) in [5.41, 5.74) is 1.15. The monoisotopic (exact) mass is 436 g/mol. The third-order valence-electron chi connectivity index (χ3n) is 4.43. The summed E-state index contributed by atoms with van der Waals surface area (Å²) in [5.74, 6) is 0.975. The second-order valence-electron chi connectivity index (χ2n) is 6.26. The van der Waals surface area contributed by atoms with Crippen molar-refractivity contribution in [3.63, 3.8) is 0 Å². The number of nitrogens with zero attached hydrogens (tertiary/aromatic N) is 3. The van der Waals surface area contributed by atoms with Gasteiger partial charge in [0.15, 0.2) is 5.69 Å². The number of oxazole rings is 1. The number of benzene rings is 1. The summed E-state index contributed by atoms with van der Waals surface area (Å²) in [7, 11) is 0. The SMILES string of the molecule is Cl.Cl.O=C(c1coc(-c2ccccc2)n1)N1CCNCC1COc1cccnc1. The summed E-state index contributed by atoms with van der Waals surface area (Å²) in [6.07, 6.45) is 4.78. The quantitative estimate of drug-likeness (QED) is 0.661. The summed E-state index contributed by atoms with van der Waals surface area (Å²) >= 11 is 0. The van der Waals surface area contributed by atoms with E-state index in [1.54, 1.807) is 17.3 Å². The summed E-state index contributed by atoms with van der Waals surface area (Å²) in [4.78, 5) is 23.2. The van der Waals surface area contributed by atoms with Crippen LogP contribution in [-0.4, -0.2) is 53.1 Å². The molecule has 1 fully saturated rings. The molecule has 1 amide bonds. The number of piperazine rings is 1. The van der Waals surface area contributed by atoms with Crippen molar-refractivity contribution >= 4 is 30.7 Å². The fourth-order valence-corrected chi connectivity index (χ4v) is 3.03. The average Bonchev–Trinajstić information content (AvgIpc) is 3.24. The van der Waals surface area contributed by atoms with Crippen LogP contribution in [0.2, 0.25) is 0 Å². The van der Waals surface area contributed by atoms with Crippen LogP contribution in [0.25, 0.3) is 11.5 Å². The minimum Gasteiger partial charge on any atom is -0.490 e. The first-order valence-corrected chi connectivity index (χ1v) is 8.87. The molecule has 1 aliphatic rings. The molecule has 4 rings (SSSR count). The van der Waals surface area contributed by atoms with Gasteiger partial charge in [0.2, 0.25) is 5.89 Å². The molecule has 7 nitrogen and oxygen atoms in total. The van der Waals surface area contributed by atoms with Crippen LogP contribution in [0.4, 0.5) is 0 Å². The zero-order valence-corrected chi connectivity index (χ0v) is 17.2. The molecule has 2 aromatic heterocycles. The minimum absolute atomic E-state index is 0. The Morgan fingerprint density at radius 1 is 1.21 bits per heavy atom. The molecule has 1 unspecified atom stereocenters. The van der Waals surface area contributed by atoms with Crippen molar-refractivity contribution in [3.05, 3.63) is 66.8 Å². The molecular weight excluding hydrogens is 415 g/mol. The molecule has 3 aromatic rings. The Morgan fingerprint density at radius 2 is 2.03 bits per heavy atom. The van der Waals surface area contributed by atoms with Gasteiger partial charge in [0, 0.05) is 31.4 Å². The third-order valence-corrected chi connectivity index (χ3v) is 4.43. The maximum absolute atomic E-state index is 13.0. The standard InChI is InChI=1S/C20H20N4O3.2ClH/c25-20(18-14-27-19(23-18)15-5-2-1-3-6-15)24-10-9-22-11-16(24)13-26-17-7-4-8-21-12-17;;/h1-8,12,14,16,22H,9-11,13H2;2*1H. The van der Waals surface area contributed by atoms with Gasteiger partial charge >= 0.3 is 0 Å². The van der Waals surface area contributed by atoms with Crippen LogP contribution in [0.1, 0.15) is 10.5 Å². The molecule has 1 saturated heterocycles. The molecule has 29 heavy (non-hydrogen) atoms. The maximum atomic E-state index is 13.0. The average molecular weight is 437 g/mol. The fourth-order valence-electron chi connectivity index (χ4n) is 3.03. The Balaban J connectivity index is 0.00000150. The van der Waals surface area contributed by atoms with Crippen molar-refractivity contribution in [1.82, 2.24) is 20.2 Å². The maximum Gasteiger partial charge on any atom is 0.276 e. The van der Waals surface area contributed by atoms with E-state index in [2.05, 4.69) is 15.3 Å². The van der Waals surface area contributed by atoms with Crippen LogP contribution in [-0.2, 0) is 0 Å². The van der Waals surface area contributed by atoms with Gasteiger partial charge < -0.3 is 19.4 Å². The first kappa shape index (κ1) is 22.7. The van der Waals surface area contributed by atoms with Crippen molar-refractivity contribution in [3.8, 4) is 17.2 Å². The molecule has 1 aliphatic heterocycles. The number of carbonyl (C=O) groups is 1. The Bertz CT molecular complexity index is 893. The van der Waals surface area contributed by atoms with E-state index in [-0.39, 0.29) is 36.8 Å². The van der Waals surface area contributed by atoms with Crippen LogP contribution in [0.3, 0.4) is 0 Å². The number of pyridine rings is 1. The first-order chi connectivity index (χ1) is 13.3. The van der Waals surface area contributed by atoms with E-state index in [1.165, 1.54) is 6.26 Å². The predicted molar refractivity (Wildman–Crippen MR) is 114 cm³/mol. The smallest absolute Gasteiger partial charge is 0.276 e. The number of ether oxygens (including phenoxy) is 1. The van der Waals surface area contributed by atoms with Gasteiger partial charge in [-0.05, 0) is 24.3 Å². The first-order valence-electron chi connectivity index (χ1n) is 8.87. The Morgan fingerprint density at radius 3 is 2.79 bits per heavy atom. The van der Waals surface area contributed by atoms with E-state index in [9.17, 15) is 4.79 Å². The molecule has 0 saturated carbocycles. The zero-order valence-electron chi connectivity index (χ0n) is 15.6. The summed E-state index contributed by atoms with van der Waals surface area (Å²) in [5, 5.41) is 3.31. The number of carbonyl (C=O) groups excluding carboxylic acids is 1. The molecule has 0 spiro atoms. The highest BCUT2D eigenvalue weighted by molar-refractivity contribution is 5.92. The molecule has 3 heterocycles. The Kier molecular flexibility index (Phi) is 8.45. The lowest BCUT2D eigenvalue weighted by molar-refractivity contribution is 0.0553. The van der Waals surface area contributed by atoms with Gasteiger partial charge in [0.25, 0.3) is 5.91 Å². The molecule has 1 atom stereocenters. The van der Waals surface area contributed by atoms with E-state index in [0.717, 1.165) is 12.1 Å². The van der Waals surface area contributed by atoms with E-state index < -0.39 is 0 Å². The van der Waals surface area contributed by atoms with E-state index in [0.29, 0.717) is 37.0 Å². The van der Waals surface area contributed by atoms with Gasteiger partial charge in [-0.2, -0.15) is 0 Å². The van der Waals surface area contributed by atoms with E-state index in [4.69, 9.17) is 9.15 Å². The minimum atomic E-state index is -0.151. The van der Waals surface area contributed by atoms with Gasteiger partial charge in [-0.25, -0.2) is 4.98 Å². The number of rotatable bonds is 5. The fraction of sp³-hybridized carbons (Fsp3) is 0.250. The zero-order chi connectivity index (χ0) is 18.5. The number of halogens is 2. The van der Waals surface area contributed by atoms with Gasteiger partial charge in [0.1, 0.15) is 18.6 Å². The van der Waals surface area contributed by atoms with Crippen molar-refractivity contribution < 1.29 is 13.9 Å². The lowest BCUT2D eigenvalue weighted by Crippen LogP contribution is -2.56. The highest BCUT2D eigenvalue weighted by Crippen LogP contribution is 2.20. The van der Waals surface area contributed by atoms with Gasteiger partial charge in [-0.15, -0.1) is 24.8 Å². The van der Waals surface area contributed by atoms with Crippen molar-refractivity contribution in [2.75, 3.05) is 26.2 Å². The molecular formula is C20H22Cl2N4O3. The van der Waals surface area contributed by atoms with Crippen LogP contribution in [0, 0.1) is 0 Å². The molecule has 154 valence electrons. The highest BCUT2D eigenvalue weighted by atomic mass is 35.5. The largest absolute Gasteiger partial charge is 0.490 e. The number of aromatic nitrogens is 2. The number of hydrogen-bond donors (Lipinski definition) is 1. The lowest BCUT2D eigenvalue weighted by atomic mass is 10.2. The molecule has 0 aliphatic carbocycles. The van der Waals surface area contributed by atoms with Gasteiger partial charge in [-0.1, -0.05) is 18.2 Å². The third kappa shape index (κ3) is 5.47. The van der Waals surface area contributed by atoms with Crippen LogP contribution in [0.15, 0.2) is 65.5 Å². The molecule has 1 aromatic carbocycles. The Labute approximate surface area is 181 Å². The van der Waals surface area contributed by atoms with E-state index >= 15 is 0 Å². The molecule has 0 radical (unpaired) electrons. The highest BCUT2D eigenvalue weighted by Gasteiger charge is 2.29. The number of amides is 1. The number of nitrogens with one attached hydrogen (secondary N) is 1. The number of hydrogen-bond acceptors (Lipinski definition) is 6. The van der Waals surface area contributed by atoms with Gasteiger partial charge in [-0.3, -0.25) is 9.78 Å². The lowest BCUT2D eigenvalue weighted by Gasteiger charge is -2.35. The van der Waals surface area contributed by atoms with Crippen LogP contribution < -0.4 is 10.1 Å².